The second-order valence-electron chi connectivity index (χ2n) is 7.45. The summed E-state index contributed by atoms with van der Waals surface area (Å²) in [5.41, 5.74) is 4.35. The summed E-state index contributed by atoms with van der Waals surface area (Å²) in [5, 5.41) is 4.07. The van der Waals surface area contributed by atoms with E-state index in [1.165, 1.54) is 4.31 Å². The van der Waals surface area contributed by atoms with Crippen LogP contribution in [0.1, 0.15) is 17.5 Å². The van der Waals surface area contributed by atoms with Crippen LogP contribution in [0.5, 0.6) is 0 Å². The van der Waals surface area contributed by atoms with E-state index in [0.717, 1.165) is 27.1 Å². The zero-order chi connectivity index (χ0) is 22.1. The number of hydrazone groups is 1. The van der Waals surface area contributed by atoms with Crippen molar-refractivity contribution in [2.24, 2.45) is 5.10 Å². The monoisotopic (exact) mass is 539 g/mol. The minimum atomic E-state index is -3.81. The minimum absolute atomic E-state index is 0.206. The first kappa shape index (κ1) is 22.8. The van der Waals surface area contributed by atoms with Crippen molar-refractivity contribution in [3.63, 3.8) is 0 Å². The number of carbonyl (C=O) groups is 1. The van der Waals surface area contributed by atoms with E-state index in [-0.39, 0.29) is 8.97 Å². The normalized spacial score (nSPS) is 21.2. The topological polar surface area (TPSA) is 78.8 Å². The first-order valence-corrected chi connectivity index (χ1v) is 14.0. The summed E-state index contributed by atoms with van der Waals surface area (Å²) in [5.74, 6) is 1.50. The fraction of sp³-hybridized carbons (Fsp3) is 0.333. The van der Waals surface area contributed by atoms with Crippen LogP contribution in [0.2, 0.25) is 0 Å². The molecule has 164 valence electrons. The predicted molar refractivity (Wildman–Crippen MR) is 131 cm³/mol. The van der Waals surface area contributed by atoms with Gasteiger partial charge in [0.2, 0.25) is 10.0 Å². The number of thioether (sulfide) groups is 2. The molecule has 2 heterocycles. The summed E-state index contributed by atoms with van der Waals surface area (Å²) in [7, 11) is -3.81. The van der Waals surface area contributed by atoms with Gasteiger partial charge >= 0.3 is 0 Å². The molecular formula is C21H22BrN3O3S3. The zero-order valence-corrected chi connectivity index (χ0v) is 20.9. The molecule has 0 unspecified atom stereocenters. The highest BCUT2D eigenvalue weighted by Crippen LogP contribution is 2.52. The van der Waals surface area contributed by atoms with Crippen LogP contribution >= 0.6 is 39.5 Å². The Hall–Kier alpha value is -1.33. The van der Waals surface area contributed by atoms with Gasteiger partial charge < -0.3 is 0 Å². The summed E-state index contributed by atoms with van der Waals surface area (Å²) in [6, 6.07) is 13.5. The fourth-order valence-corrected chi connectivity index (χ4v) is 9.11. The lowest BCUT2D eigenvalue weighted by Crippen LogP contribution is -2.44. The van der Waals surface area contributed by atoms with Crippen molar-refractivity contribution >= 4 is 61.6 Å². The Labute approximate surface area is 199 Å². The van der Waals surface area contributed by atoms with Gasteiger partial charge in [-0.25, -0.2) is 13.8 Å². The van der Waals surface area contributed by atoms with E-state index in [9.17, 15) is 13.2 Å². The quantitative estimate of drug-likeness (QED) is 0.461. The third-order valence-electron chi connectivity index (χ3n) is 5.28. The number of halogens is 1. The minimum Gasteiger partial charge on any atom is -0.271 e. The van der Waals surface area contributed by atoms with E-state index >= 15 is 0 Å². The highest BCUT2D eigenvalue weighted by atomic mass is 79.9. The van der Waals surface area contributed by atoms with Crippen LogP contribution in [0.15, 0.2) is 63.0 Å². The van der Waals surface area contributed by atoms with Crippen LogP contribution in [-0.2, 0) is 14.8 Å². The van der Waals surface area contributed by atoms with Crippen LogP contribution in [0.3, 0.4) is 0 Å². The molecular weight excluding hydrogens is 518 g/mol. The second-order valence-corrected chi connectivity index (χ2v) is 13.4. The molecule has 2 aliphatic heterocycles. The molecule has 31 heavy (non-hydrogen) atoms. The molecule has 6 nitrogen and oxygen atoms in total. The van der Waals surface area contributed by atoms with E-state index in [1.54, 1.807) is 54.0 Å². The van der Waals surface area contributed by atoms with E-state index in [0.29, 0.717) is 13.0 Å². The zero-order valence-electron chi connectivity index (χ0n) is 16.8. The molecule has 0 aromatic heterocycles. The first-order valence-electron chi connectivity index (χ1n) is 9.75. The molecule has 2 saturated heterocycles. The van der Waals surface area contributed by atoms with Gasteiger partial charge in [0, 0.05) is 28.1 Å². The van der Waals surface area contributed by atoms with Crippen molar-refractivity contribution in [1.29, 1.82) is 0 Å². The Bertz CT molecular complexity index is 1100. The summed E-state index contributed by atoms with van der Waals surface area (Å²) in [6.07, 6.45) is 2.01. The highest BCUT2D eigenvalue weighted by molar-refractivity contribution is 9.10. The molecule has 0 saturated carbocycles. The van der Waals surface area contributed by atoms with Gasteiger partial charge in [-0.1, -0.05) is 51.8 Å². The number of nitrogens with one attached hydrogen (secondary N) is 1. The smallest absolute Gasteiger partial charge is 0.258 e. The Morgan fingerprint density at radius 3 is 2.55 bits per heavy atom. The van der Waals surface area contributed by atoms with Crippen molar-refractivity contribution in [2.45, 2.75) is 28.4 Å². The number of hydrogen-bond donors (Lipinski definition) is 1. The number of nitrogens with zero attached hydrogens (tertiary/aromatic N) is 2. The fourth-order valence-electron chi connectivity index (χ4n) is 3.66. The van der Waals surface area contributed by atoms with Gasteiger partial charge in [-0.15, -0.1) is 23.5 Å². The van der Waals surface area contributed by atoms with E-state index < -0.39 is 22.0 Å². The van der Waals surface area contributed by atoms with Crippen molar-refractivity contribution in [2.75, 3.05) is 18.1 Å². The van der Waals surface area contributed by atoms with E-state index in [2.05, 4.69) is 26.5 Å². The Balaban J connectivity index is 1.58. The number of amides is 1. The lowest BCUT2D eigenvalue weighted by Gasteiger charge is -2.23. The molecule has 2 aliphatic rings. The predicted octanol–water partition coefficient (Wildman–Crippen LogP) is 3.85. The largest absolute Gasteiger partial charge is 0.271 e. The molecule has 10 heteroatoms. The van der Waals surface area contributed by atoms with Crippen LogP contribution in [0.4, 0.5) is 0 Å². The first-order chi connectivity index (χ1) is 14.8. The van der Waals surface area contributed by atoms with Crippen molar-refractivity contribution in [3.8, 4) is 0 Å². The maximum atomic E-state index is 13.4. The lowest BCUT2D eigenvalue weighted by atomic mass is 10.2. The van der Waals surface area contributed by atoms with Gasteiger partial charge in [0.25, 0.3) is 5.91 Å². The summed E-state index contributed by atoms with van der Waals surface area (Å²) in [6.45, 7) is 2.22. The number of aryl methyl sites for hydroxylation is 1. The average Bonchev–Trinajstić information content (AvgIpc) is 3.37. The third kappa shape index (κ3) is 4.88. The third-order valence-corrected chi connectivity index (χ3v) is 11.3. The molecule has 0 radical (unpaired) electrons. The molecule has 1 amide bonds. The summed E-state index contributed by atoms with van der Waals surface area (Å²) >= 11 is 6.93. The number of hydrogen-bond acceptors (Lipinski definition) is 6. The standard InChI is InChI=1S/C21H22BrN3O3S3/c1-15-6-8-17(9-7-15)31(27,28)25-14-21(29-10-11-30-21)12-19(25)20(26)24-23-13-16-4-2-3-5-18(16)22/h2-9,13,19H,10-12,14H2,1H3,(H,24,26)/b23-13+/t19-/m0/s1. The van der Waals surface area contributed by atoms with Gasteiger partial charge in [-0.05, 0) is 31.5 Å². The molecule has 1 atom stereocenters. The Morgan fingerprint density at radius 2 is 1.87 bits per heavy atom. The molecule has 4 rings (SSSR count). The maximum Gasteiger partial charge on any atom is 0.258 e. The number of sulfonamides is 1. The van der Waals surface area contributed by atoms with Gasteiger partial charge in [0.1, 0.15) is 6.04 Å². The second kappa shape index (κ2) is 9.27. The average molecular weight is 541 g/mol. The van der Waals surface area contributed by atoms with Crippen LogP contribution in [0, 0.1) is 6.92 Å². The highest BCUT2D eigenvalue weighted by Gasteiger charge is 2.53. The van der Waals surface area contributed by atoms with Crippen molar-refractivity contribution < 1.29 is 13.2 Å². The van der Waals surface area contributed by atoms with Gasteiger partial charge in [0.05, 0.1) is 15.2 Å². The van der Waals surface area contributed by atoms with E-state index in [4.69, 9.17) is 0 Å². The van der Waals surface area contributed by atoms with Gasteiger partial charge in [-0.3, -0.25) is 4.79 Å². The molecule has 0 aliphatic carbocycles. The molecule has 2 fully saturated rings. The van der Waals surface area contributed by atoms with Crippen LogP contribution in [-0.4, -0.2) is 53.0 Å². The van der Waals surface area contributed by atoms with Crippen LogP contribution in [0.25, 0.3) is 0 Å². The Kier molecular flexibility index (Phi) is 6.83. The number of rotatable bonds is 5. The molecule has 2 aromatic carbocycles. The summed E-state index contributed by atoms with van der Waals surface area (Å²) in [4.78, 5) is 13.2. The molecule has 0 bridgehead atoms. The molecule has 2 aromatic rings. The maximum absolute atomic E-state index is 13.4. The number of benzene rings is 2. The van der Waals surface area contributed by atoms with Crippen LogP contribution < -0.4 is 5.43 Å². The Morgan fingerprint density at radius 1 is 1.19 bits per heavy atom. The number of carbonyl (C=O) groups excluding carboxylic acids is 1. The lowest BCUT2D eigenvalue weighted by molar-refractivity contribution is -0.124. The van der Waals surface area contributed by atoms with E-state index in [1.807, 2.05) is 31.2 Å². The molecule has 1 N–H and O–H groups in total. The van der Waals surface area contributed by atoms with Crippen molar-refractivity contribution in [1.82, 2.24) is 9.73 Å². The SMILES string of the molecule is Cc1ccc(S(=O)(=O)N2CC3(C[C@H]2C(=O)N/N=C/c2ccccc2Br)SCCS3)cc1. The van der Waals surface area contributed by atoms with Gasteiger partial charge in [0.15, 0.2) is 0 Å². The van der Waals surface area contributed by atoms with Gasteiger partial charge in [-0.2, -0.15) is 9.41 Å². The summed E-state index contributed by atoms with van der Waals surface area (Å²) < 4.78 is 28.8. The molecule has 1 spiro atoms. The van der Waals surface area contributed by atoms with Crippen molar-refractivity contribution in [3.05, 3.63) is 64.1 Å².